The van der Waals surface area contributed by atoms with Gasteiger partial charge in [0.05, 0.1) is 5.56 Å². The van der Waals surface area contributed by atoms with Crippen molar-refractivity contribution >= 4 is 33.4 Å². The average Bonchev–Trinajstić information content (AvgIpc) is 2.41. The van der Waals surface area contributed by atoms with Crippen LogP contribution in [0.3, 0.4) is 0 Å². The van der Waals surface area contributed by atoms with Crippen molar-refractivity contribution in [3.63, 3.8) is 0 Å². The minimum absolute atomic E-state index is 0.0674. The van der Waals surface area contributed by atoms with E-state index in [1.807, 2.05) is 0 Å². The van der Waals surface area contributed by atoms with Crippen molar-refractivity contribution < 1.29 is 9.18 Å². The number of piperidine rings is 1. The third-order valence-electron chi connectivity index (χ3n) is 3.64. The van der Waals surface area contributed by atoms with E-state index in [0.717, 1.165) is 12.8 Å². The molecule has 1 amide bonds. The SMILES string of the molecule is CC(Br)C1CCN(C(=O)c2cc(Cl)ccc2F)CC1. The maximum absolute atomic E-state index is 13.7. The lowest BCUT2D eigenvalue weighted by Crippen LogP contribution is -2.40. The fourth-order valence-electron chi connectivity index (χ4n) is 2.39. The molecule has 1 aromatic rings. The number of likely N-dealkylation sites (tertiary alicyclic amines) is 1. The van der Waals surface area contributed by atoms with Gasteiger partial charge < -0.3 is 4.90 Å². The lowest BCUT2D eigenvalue weighted by atomic mass is 9.94. The van der Waals surface area contributed by atoms with Gasteiger partial charge in [0.15, 0.2) is 0 Å². The molecular weight excluding hydrogens is 333 g/mol. The van der Waals surface area contributed by atoms with Gasteiger partial charge in [-0.25, -0.2) is 4.39 Å². The molecule has 0 N–H and O–H groups in total. The van der Waals surface area contributed by atoms with E-state index >= 15 is 0 Å². The Hall–Kier alpha value is -0.610. The van der Waals surface area contributed by atoms with Gasteiger partial charge in [-0.2, -0.15) is 0 Å². The number of benzene rings is 1. The third-order valence-corrected chi connectivity index (χ3v) is 4.62. The summed E-state index contributed by atoms with van der Waals surface area (Å²) < 4.78 is 13.7. The highest BCUT2D eigenvalue weighted by atomic mass is 79.9. The quantitative estimate of drug-likeness (QED) is 0.736. The van der Waals surface area contributed by atoms with Gasteiger partial charge in [0.2, 0.25) is 0 Å². The van der Waals surface area contributed by atoms with Crippen LogP contribution in [0.15, 0.2) is 18.2 Å². The summed E-state index contributed by atoms with van der Waals surface area (Å²) in [5.74, 6) is -0.195. The molecule has 0 aromatic heterocycles. The van der Waals surface area contributed by atoms with Gasteiger partial charge in [0.1, 0.15) is 5.82 Å². The van der Waals surface area contributed by atoms with Crippen molar-refractivity contribution in [2.45, 2.75) is 24.6 Å². The van der Waals surface area contributed by atoms with Crippen LogP contribution in [0.1, 0.15) is 30.1 Å². The Morgan fingerprint density at radius 1 is 1.47 bits per heavy atom. The molecular formula is C14H16BrClFNO. The highest BCUT2D eigenvalue weighted by molar-refractivity contribution is 9.09. The maximum Gasteiger partial charge on any atom is 0.256 e. The van der Waals surface area contributed by atoms with E-state index in [2.05, 4.69) is 22.9 Å². The first kappa shape index (κ1) is 14.8. The zero-order valence-electron chi connectivity index (χ0n) is 10.7. The van der Waals surface area contributed by atoms with Crippen LogP contribution >= 0.6 is 27.5 Å². The third kappa shape index (κ3) is 3.48. The summed E-state index contributed by atoms with van der Waals surface area (Å²) in [7, 11) is 0. The molecule has 104 valence electrons. The minimum Gasteiger partial charge on any atom is -0.339 e. The fourth-order valence-corrected chi connectivity index (χ4v) is 3.09. The second-order valence-corrected chi connectivity index (χ2v) is 6.81. The molecule has 0 radical (unpaired) electrons. The summed E-state index contributed by atoms with van der Waals surface area (Å²) in [6, 6.07) is 4.09. The van der Waals surface area contributed by atoms with Crippen LogP contribution in [-0.2, 0) is 0 Å². The van der Waals surface area contributed by atoms with E-state index in [1.54, 1.807) is 4.90 Å². The van der Waals surface area contributed by atoms with E-state index < -0.39 is 5.82 Å². The molecule has 0 bridgehead atoms. The molecule has 2 rings (SSSR count). The van der Waals surface area contributed by atoms with Crippen LogP contribution < -0.4 is 0 Å². The summed E-state index contributed by atoms with van der Waals surface area (Å²) in [5.41, 5.74) is 0.0674. The van der Waals surface area contributed by atoms with Crippen molar-refractivity contribution in [3.05, 3.63) is 34.6 Å². The van der Waals surface area contributed by atoms with Crippen LogP contribution in [0.2, 0.25) is 5.02 Å². The monoisotopic (exact) mass is 347 g/mol. The predicted octanol–water partition coefficient (Wildman–Crippen LogP) is 4.11. The molecule has 1 unspecified atom stereocenters. The molecule has 5 heteroatoms. The molecule has 1 atom stereocenters. The number of nitrogens with zero attached hydrogens (tertiary/aromatic N) is 1. The molecule has 1 fully saturated rings. The fraction of sp³-hybridized carbons (Fsp3) is 0.500. The van der Waals surface area contributed by atoms with Gasteiger partial charge in [-0.05, 0) is 37.0 Å². The number of carbonyl (C=O) groups excluding carboxylic acids is 1. The van der Waals surface area contributed by atoms with Crippen LogP contribution in [0.25, 0.3) is 0 Å². The summed E-state index contributed by atoms with van der Waals surface area (Å²) >= 11 is 9.40. The number of hydrogen-bond acceptors (Lipinski definition) is 1. The lowest BCUT2D eigenvalue weighted by Gasteiger charge is -2.33. The smallest absolute Gasteiger partial charge is 0.256 e. The summed E-state index contributed by atoms with van der Waals surface area (Å²) in [5, 5.41) is 0.383. The second kappa shape index (κ2) is 6.23. The largest absolute Gasteiger partial charge is 0.339 e. The molecule has 19 heavy (non-hydrogen) atoms. The standard InChI is InChI=1S/C14H16BrClFNO/c1-9(15)10-4-6-18(7-5-10)14(19)12-8-11(16)2-3-13(12)17/h2-3,8-10H,4-7H2,1H3. The van der Waals surface area contributed by atoms with E-state index in [-0.39, 0.29) is 11.5 Å². The first-order valence-corrected chi connectivity index (χ1v) is 7.67. The summed E-state index contributed by atoms with van der Waals surface area (Å²) in [4.78, 5) is 14.4. The molecule has 1 aliphatic heterocycles. The number of halogens is 3. The Morgan fingerprint density at radius 3 is 2.68 bits per heavy atom. The highest BCUT2D eigenvalue weighted by Gasteiger charge is 2.27. The minimum atomic E-state index is -0.509. The Bertz CT molecular complexity index is 473. The van der Waals surface area contributed by atoms with Crippen LogP contribution in [0.5, 0.6) is 0 Å². The number of carbonyl (C=O) groups is 1. The molecule has 1 heterocycles. The summed E-state index contributed by atoms with van der Waals surface area (Å²) in [6.07, 6.45) is 1.89. The average molecular weight is 349 g/mol. The second-order valence-electron chi connectivity index (χ2n) is 4.93. The Labute approximate surface area is 126 Å². The Balaban J connectivity index is 2.07. The molecule has 0 saturated carbocycles. The number of hydrogen-bond donors (Lipinski definition) is 0. The molecule has 1 saturated heterocycles. The van der Waals surface area contributed by atoms with E-state index in [4.69, 9.17) is 11.6 Å². The lowest BCUT2D eigenvalue weighted by molar-refractivity contribution is 0.0687. The van der Waals surface area contributed by atoms with Gasteiger partial charge in [-0.1, -0.05) is 34.5 Å². The number of rotatable bonds is 2. The molecule has 1 aromatic carbocycles. The Kier molecular flexibility index (Phi) is 4.85. The van der Waals surface area contributed by atoms with Crippen LogP contribution in [0.4, 0.5) is 4.39 Å². The van der Waals surface area contributed by atoms with Gasteiger partial charge in [0.25, 0.3) is 5.91 Å². The maximum atomic E-state index is 13.7. The van der Waals surface area contributed by atoms with Crippen molar-refractivity contribution in [1.29, 1.82) is 0 Å². The van der Waals surface area contributed by atoms with Crippen LogP contribution in [0, 0.1) is 11.7 Å². The Morgan fingerprint density at radius 2 is 2.11 bits per heavy atom. The number of alkyl halides is 1. The molecule has 0 spiro atoms. The predicted molar refractivity (Wildman–Crippen MR) is 78.4 cm³/mol. The van der Waals surface area contributed by atoms with Gasteiger partial charge in [-0.3, -0.25) is 4.79 Å². The van der Waals surface area contributed by atoms with Crippen molar-refractivity contribution in [2.24, 2.45) is 5.92 Å². The van der Waals surface area contributed by atoms with Crippen molar-refractivity contribution in [1.82, 2.24) is 4.90 Å². The normalized spacial score (nSPS) is 18.4. The summed E-state index contributed by atoms with van der Waals surface area (Å²) in [6.45, 7) is 3.47. The highest BCUT2D eigenvalue weighted by Crippen LogP contribution is 2.26. The molecule has 0 aliphatic carbocycles. The van der Waals surface area contributed by atoms with Crippen molar-refractivity contribution in [3.8, 4) is 0 Å². The molecule has 2 nitrogen and oxygen atoms in total. The van der Waals surface area contributed by atoms with Gasteiger partial charge in [0, 0.05) is 22.9 Å². The van der Waals surface area contributed by atoms with E-state index in [1.165, 1.54) is 18.2 Å². The van der Waals surface area contributed by atoms with Gasteiger partial charge >= 0.3 is 0 Å². The zero-order chi connectivity index (χ0) is 14.0. The van der Waals surface area contributed by atoms with E-state index in [9.17, 15) is 9.18 Å². The first-order chi connectivity index (χ1) is 8.99. The van der Waals surface area contributed by atoms with Gasteiger partial charge in [-0.15, -0.1) is 0 Å². The zero-order valence-corrected chi connectivity index (χ0v) is 13.0. The van der Waals surface area contributed by atoms with Crippen molar-refractivity contribution in [2.75, 3.05) is 13.1 Å². The van der Waals surface area contributed by atoms with Crippen LogP contribution in [-0.4, -0.2) is 28.7 Å². The first-order valence-electron chi connectivity index (χ1n) is 6.37. The topological polar surface area (TPSA) is 20.3 Å². The van der Waals surface area contributed by atoms with E-state index in [0.29, 0.717) is 28.9 Å². The molecule has 1 aliphatic rings. The number of amides is 1.